The highest BCUT2D eigenvalue weighted by atomic mass is 32.2. The molecule has 4 heteroatoms. The van der Waals surface area contributed by atoms with Gasteiger partial charge in [-0.3, -0.25) is 9.59 Å². The van der Waals surface area contributed by atoms with E-state index in [1.165, 1.54) is 10.5 Å². The van der Waals surface area contributed by atoms with Gasteiger partial charge in [0.05, 0.1) is 10.6 Å². The lowest BCUT2D eigenvalue weighted by Crippen LogP contribution is -2.27. The van der Waals surface area contributed by atoms with Crippen molar-refractivity contribution < 1.29 is 9.59 Å². The lowest BCUT2D eigenvalue weighted by molar-refractivity contribution is -0.113. The third kappa shape index (κ3) is 3.85. The quantitative estimate of drug-likeness (QED) is 0.660. The predicted molar refractivity (Wildman–Crippen MR) is 105 cm³/mol. The number of benzene rings is 2. The molecule has 0 bridgehead atoms. The maximum atomic E-state index is 12.7. The summed E-state index contributed by atoms with van der Waals surface area (Å²) in [4.78, 5) is 26.8. The van der Waals surface area contributed by atoms with Crippen molar-refractivity contribution in [3.8, 4) is 0 Å². The SMILES string of the molecule is CCCCc1ccc(N2C(=O)S/C(=C\c3ccccc3C)C2=O)cc1. The van der Waals surface area contributed by atoms with Crippen LogP contribution in [0, 0.1) is 6.92 Å². The summed E-state index contributed by atoms with van der Waals surface area (Å²) in [6, 6.07) is 15.5. The Labute approximate surface area is 152 Å². The largest absolute Gasteiger partial charge is 0.298 e. The molecule has 128 valence electrons. The second-order valence-corrected chi connectivity index (χ2v) is 7.14. The first-order valence-corrected chi connectivity index (χ1v) is 9.34. The molecule has 1 fully saturated rings. The molecule has 0 saturated carbocycles. The van der Waals surface area contributed by atoms with Gasteiger partial charge in [-0.1, -0.05) is 49.7 Å². The van der Waals surface area contributed by atoms with Crippen molar-refractivity contribution >= 4 is 34.7 Å². The first-order valence-electron chi connectivity index (χ1n) is 8.52. The molecule has 2 amide bonds. The zero-order chi connectivity index (χ0) is 17.8. The van der Waals surface area contributed by atoms with Crippen molar-refractivity contribution in [1.29, 1.82) is 0 Å². The van der Waals surface area contributed by atoms with Gasteiger partial charge in [0.1, 0.15) is 0 Å². The molecule has 3 rings (SSSR count). The highest BCUT2D eigenvalue weighted by Gasteiger charge is 2.36. The minimum Gasteiger partial charge on any atom is -0.268 e. The standard InChI is InChI=1S/C21H21NO2S/c1-3-4-8-16-10-12-18(13-11-16)22-20(23)19(25-21(22)24)14-17-9-6-5-7-15(17)2/h5-7,9-14H,3-4,8H2,1-2H3/b19-14-. The molecule has 1 aliphatic rings. The van der Waals surface area contributed by atoms with E-state index in [0.717, 1.165) is 42.2 Å². The zero-order valence-electron chi connectivity index (χ0n) is 14.5. The van der Waals surface area contributed by atoms with Crippen LogP contribution in [-0.2, 0) is 11.2 Å². The third-order valence-electron chi connectivity index (χ3n) is 4.28. The summed E-state index contributed by atoms with van der Waals surface area (Å²) in [5.74, 6) is -0.250. The van der Waals surface area contributed by atoms with Crippen molar-refractivity contribution in [2.75, 3.05) is 4.90 Å². The van der Waals surface area contributed by atoms with E-state index >= 15 is 0 Å². The van der Waals surface area contributed by atoms with Crippen molar-refractivity contribution in [3.05, 3.63) is 70.1 Å². The number of carbonyl (C=O) groups excluding carboxylic acids is 2. The second kappa shape index (κ2) is 7.70. The first kappa shape index (κ1) is 17.5. The average molecular weight is 351 g/mol. The highest BCUT2D eigenvalue weighted by Crippen LogP contribution is 2.36. The smallest absolute Gasteiger partial charge is 0.268 e. The molecular weight excluding hydrogens is 330 g/mol. The van der Waals surface area contributed by atoms with Gasteiger partial charge in [0.25, 0.3) is 11.1 Å². The number of hydrogen-bond acceptors (Lipinski definition) is 3. The van der Waals surface area contributed by atoms with Gasteiger partial charge in [-0.2, -0.15) is 0 Å². The van der Waals surface area contributed by atoms with E-state index < -0.39 is 0 Å². The van der Waals surface area contributed by atoms with Crippen LogP contribution in [0.1, 0.15) is 36.5 Å². The van der Waals surface area contributed by atoms with Crippen LogP contribution in [0.25, 0.3) is 6.08 Å². The molecule has 0 N–H and O–H groups in total. The Morgan fingerprint density at radius 3 is 2.44 bits per heavy atom. The number of thioether (sulfide) groups is 1. The molecule has 3 nitrogen and oxygen atoms in total. The third-order valence-corrected chi connectivity index (χ3v) is 5.15. The maximum Gasteiger partial charge on any atom is 0.298 e. The number of aryl methyl sites for hydroxylation is 2. The van der Waals surface area contributed by atoms with Crippen molar-refractivity contribution in [2.45, 2.75) is 33.1 Å². The zero-order valence-corrected chi connectivity index (χ0v) is 15.3. The normalized spacial score (nSPS) is 16.1. The number of hydrogen-bond donors (Lipinski definition) is 0. The molecular formula is C21H21NO2S. The summed E-state index contributed by atoms with van der Waals surface area (Å²) in [5, 5.41) is -0.244. The van der Waals surface area contributed by atoms with Gasteiger partial charge in [0.15, 0.2) is 0 Å². The Kier molecular flexibility index (Phi) is 5.39. The molecule has 25 heavy (non-hydrogen) atoms. The summed E-state index contributed by atoms with van der Waals surface area (Å²) < 4.78 is 0. The lowest BCUT2D eigenvalue weighted by Gasteiger charge is -2.13. The molecule has 1 saturated heterocycles. The van der Waals surface area contributed by atoms with Crippen molar-refractivity contribution in [1.82, 2.24) is 0 Å². The Morgan fingerprint density at radius 2 is 1.76 bits per heavy atom. The monoisotopic (exact) mass is 351 g/mol. The fourth-order valence-electron chi connectivity index (χ4n) is 2.77. The summed E-state index contributed by atoms with van der Waals surface area (Å²) in [6.07, 6.45) is 5.11. The first-order chi connectivity index (χ1) is 12.1. The predicted octanol–water partition coefficient (Wildman–Crippen LogP) is 5.58. The van der Waals surface area contributed by atoms with E-state index in [4.69, 9.17) is 0 Å². The molecule has 2 aromatic rings. The van der Waals surface area contributed by atoms with Gasteiger partial charge < -0.3 is 0 Å². The van der Waals surface area contributed by atoms with Crippen molar-refractivity contribution in [3.63, 3.8) is 0 Å². The van der Waals surface area contributed by atoms with Gasteiger partial charge in [-0.15, -0.1) is 0 Å². The highest BCUT2D eigenvalue weighted by molar-refractivity contribution is 8.19. The van der Waals surface area contributed by atoms with E-state index in [9.17, 15) is 9.59 Å². The summed E-state index contributed by atoms with van der Waals surface area (Å²) in [5.41, 5.74) is 3.90. The van der Waals surface area contributed by atoms with Crippen LogP contribution in [0.3, 0.4) is 0 Å². The van der Waals surface area contributed by atoms with Crippen LogP contribution >= 0.6 is 11.8 Å². The lowest BCUT2D eigenvalue weighted by atomic mass is 10.1. The Morgan fingerprint density at radius 1 is 1.04 bits per heavy atom. The number of nitrogens with zero attached hydrogens (tertiary/aromatic N) is 1. The molecule has 0 spiro atoms. The fraction of sp³-hybridized carbons (Fsp3) is 0.238. The van der Waals surface area contributed by atoms with E-state index in [1.807, 2.05) is 55.5 Å². The van der Waals surface area contributed by atoms with Crippen LogP contribution in [0.2, 0.25) is 0 Å². The van der Waals surface area contributed by atoms with Crippen LogP contribution in [0.5, 0.6) is 0 Å². The van der Waals surface area contributed by atoms with E-state index in [-0.39, 0.29) is 11.1 Å². The van der Waals surface area contributed by atoms with E-state index in [1.54, 1.807) is 6.08 Å². The number of anilines is 1. The molecule has 1 heterocycles. The topological polar surface area (TPSA) is 37.4 Å². The van der Waals surface area contributed by atoms with Crippen LogP contribution < -0.4 is 4.90 Å². The molecule has 0 aliphatic carbocycles. The van der Waals surface area contributed by atoms with Gasteiger partial charge in [0, 0.05) is 0 Å². The molecule has 2 aromatic carbocycles. The minimum atomic E-state index is -0.250. The summed E-state index contributed by atoms with van der Waals surface area (Å²) in [6.45, 7) is 4.15. The number of unbranched alkanes of at least 4 members (excludes halogenated alkanes) is 1. The Balaban J connectivity index is 1.83. The number of rotatable bonds is 5. The van der Waals surface area contributed by atoms with Gasteiger partial charge in [-0.05, 0) is 66.4 Å². The minimum absolute atomic E-state index is 0.244. The molecule has 1 aliphatic heterocycles. The average Bonchev–Trinajstić information content (AvgIpc) is 2.89. The fourth-order valence-corrected chi connectivity index (χ4v) is 3.61. The number of carbonyl (C=O) groups is 2. The van der Waals surface area contributed by atoms with Crippen LogP contribution in [0.15, 0.2) is 53.4 Å². The Bertz CT molecular complexity index is 824. The van der Waals surface area contributed by atoms with Crippen LogP contribution in [0.4, 0.5) is 10.5 Å². The number of amides is 2. The van der Waals surface area contributed by atoms with Crippen molar-refractivity contribution in [2.24, 2.45) is 0 Å². The van der Waals surface area contributed by atoms with Gasteiger partial charge in [0.2, 0.25) is 0 Å². The van der Waals surface area contributed by atoms with E-state index in [2.05, 4.69) is 6.92 Å². The number of imide groups is 1. The van der Waals surface area contributed by atoms with Gasteiger partial charge in [-0.25, -0.2) is 4.90 Å². The summed E-state index contributed by atoms with van der Waals surface area (Å²) in [7, 11) is 0. The summed E-state index contributed by atoms with van der Waals surface area (Å²) >= 11 is 0.997. The second-order valence-electron chi connectivity index (χ2n) is 6.14. The maximum absolute atomic E-state index is 12.7. The van der Waals surface area contributed by atoms with E-state index in [0.29, 0.717) is 10.6 Å². The molecule has 0 atom stereocenters. The van der Waals surface area contributed by atoms with Gasteiger partial charge >= 0.3 is 0 Å². The molecule has 0 aromatic heterocycles. The Hall–Kier alpha value is -2.33. The molecule has 0 radical (unpaired) electrons. The molecule has 0 unspecified atom stereocenters. The van der Waals surface area contributed by atoms with Crippen LogP contribution in [-0.4, -0.2) is 11.1 Å².